The van der Waals surface area contributed by atoms with E-state index in [1.165, 1.54) is 0 Å². The number of hydrogen-bond acceptors (Lipinski definition) is 2. The molecule has 1 aliphatic carbocycles. The SMILES string of the molecule is NCC1CCCCC(C(=O)O)C1. The summed E-state index contributed by atoms with van der Waals surface area (Å²) in [6, 6.07) is 0. The summed E-state index contributed by atoms with van der Waals surface area (Å²) in [6.45, 7) is 0.643. The van der Waals surface area contributed by atoms with E-state index in [4.69, 9.17) is 10.8 Å². The molecule has 0 saturated heterocycles. The van der Waals surface area contributed by atoms with Crippen LogP contribution in [-0.2, 0) is 4.79 Å². The van der Waals surface area contributed by atoms with Crippen molar-refractivity contribution in [2.75, 3.05) is 6.54 Å². The third kappa shape index (κ3) is 2.48. The highest BCUT2D eigenvalue weighted by molar-refractivity contribution is 5.69. The fourth-order valence-electron chi connectivity index (χ4n) is 1.90. The lowest BCUT2D eigenvalue weighted by molar-refractivity contribution is -0.142. The van der Waals surface area contributed by atoms with Crippen LogP contribution >= 0.6 is 0 Å². The molecule has 3 nitrogen and oxygen atoms in total. The second-order valence-electron chi connectivity index (χ2n) is 3.66. The number of nitrogens with two attached hydrogens (primary N) is 1. The van der Waals surface area contributed by atoms with Crippen molar-refractivity contribution in [1.82, 2.24) is 0 Å². The Morgan fingerprint density at radius 3 is 2.67 bits per heavy atom. The molecule has 1 aliphatic rings. The van der Waals surface area contributed by atoms with Crippen LogP contribution < -0.4 is 5.73 Å². The van der Waals surface area contributed by atoms with Gasteiger partial charge in [0.1, 0.15) is 0 Å². The van der Waals surface area contributed by atoms with Crippen LogP contribution in [0.3, 0.4) is 0 Å². The molecular weight excluding hydrogens is 154 g/mol. The van der Waals surface area contributed by atoms with Crippen LogP contribution in [0.5, 0.6) is 0 Å². The minimum absolute atomic E-state index is 0.138. The average Bonchev–Trinajstić information content (AvgIpc) is 2.28. The van der Waals surface area contributed by atoms with Crippen LogP contribution in [-0.4, -0.2) is 17.6 Å². The predicted molar refractivity (Wildman–Crippen MR) is 46.8 cm³/mol. The van der Waals surface area contributed by atoms with Crippen molar-refractivity contribution in [3.63, 3.8) is 0 Å². The van der Waals surface area contributed by atoms with E-state index in [0.717, 1.165) is 32.1 Å². The zero-order chi connectivity index (χ0) is 8.97. The Morgan fingerprint density at radius 2 is 2.08 bits per heavy atom. The van der Waals surface area contributed by atoms with Gasteiger partial charge in [-0.3, -0.25) is 4.79 Å². The van der Waals surface area contributed by atoms with E-state index in [9.17, 15) is 4.79 Å². The zero-order valence-electron chi connectivity index (χ0n) is 7.33. The maximum absolute atomic E-state index is 10.7. The molecule has 1 saturated carbocycles. The quantitative estimate of drug-likeness (QED) is 0.614. The molecule has 0 spiro atoms. The fourth-order valence-corrected chi connectivity index (χ4v) is 1.90. The summed E-state index contributed by atoms with van der Waals surface area (Å²) in [4.78, 5) is 10.7. The van der Waals surface area contributed by atoms with Crippen molar-refractivity contribution < 1.29 is 9.90 Å². The summed E-state index contributed by atoms with van der Waals surface area (Å²) in [5, 5.41) is 8.84. The topological polar surface area (TPSA) is 63.3 Å². The molecular formula is C9H17NO2. The number of carboxylic acids is 1. The van der Waals surface area contributed by atoms with Crippen molar-refractivity contribution in [1.29, 1.82) is 0 Å². The Hall–Kier alpha value is -0.570. The zero-order valence-corrected chi connectivity index (χ0v) is 7.33. The van der Waals surface area contributed by atoms with E-state index in [2.05, 4.69) is 0 Å². The summed E-state index contributed by atoms with van der Waals surface area (Å²) in [5.41, 5.74) is 5.54. The van der Waals surface area contributed by atoms with E-state index in [1.807, 2.05) is 0 Å². The first-order valence-corrected chi connectivity index (χ1v) is 4.67. The maximum Gasteiger partial charge on any atom is 0.306 e. The van der Waals surface area contributed by atoms with E-state index in [1.54, 1.807) is 0 Å². The lowest BCUT2D eigenvalue weighted by atomic mass is 9.93. The fraction of sp³-hybridized carbons (Fsp3) is 0.889. The molecule has 0 heterocycles. The highest BCUT2D eigenvalue weighted by atomic mass is 16.4. The van der Waals surface area contributed by atoms with Gasteiger partial charge in [0, 0.05) is 0 Å². The minimum atomic E-state index is -0.643. The smallest absolute Gasteiger partial charge is 0.306 e. The molecule has 0 bridgehead atoms. The third-order valence-electron chi connectivity index (χ3n) is 2.72. The Morgan fingerprint density at radius 1 is 1.42 bits per heavy atom. The first-order chi connectivity index (χ1) is 5.74. The van der Waals surface area contributed by atoms with Gasteiger partial charge in [-0.15, -0.1) is 0 Å². The summed E-state index contributed by atoms with van der Waals surface area (Å²) < 4.78 is 0. The summed E-state index contributed by atoms with van der Waals surface area (Å²) in [6.07, 6.45) is 4.93. The number of rotatable bonds is 2. The van der Waals surface area contributed by atoms with Crippen LogP contribution in [0.1, 0.15) is 32.1 Å². The van der Waals surface area contributed by atoms with Crippen molar-refractivity contribution in [3.8, 4) is 0 Å². The van der Waals surface area contributed by atoms with Crippen molar-refractivity contribution in [2.45, 2.75) is 32.1 Å². The van der Waals surface area contributed by atoms with Gasteiger partial charge in [-0.1, -0.05) is 12.8 Å². The molecule has 0 amide bonds. The molecule has 3 heteroatoms. The van der Waals surface area contributed by atoms with E-state index in [0.29, 0.717) is 12.5 Å². The van der Waals surface area contributed by atoms with Crippen LogP contribution in [0.2, 0.25) is 0 Å². The van der Waals surface area contributed by atoms with E-state index in [-0.39, 0.29) is 5.92 Å². The molecule has 2 atom stereocenters. The van der Waals surface area contributed by atoms with E-state index < -0.39 is 5.97 Å². The number of carboxylic acid groups (broad SMARTS) is 1. The number of hydrogen-bond donors (Lipinski definition) is 2. The molecule has 3 N–H and O–H groups in total. The van der Waals surface area contributed by atoms with Gasteiger partial charge in [0.05, 0.1) is 5.92 Å². The molecule has 0 aromatic heterocycles. The number of carbonyl (C=O) groups is 1. The lowest BCUT2D eigenvalue weighted by Gasteiger charge is -2.14. The molecule has 12 heavy (non-hydrogen) atoms. The third-order valence-corrected chi connectivity index (χ3v) is 2.72. The van der Waals surface area contributed by atoms with Gasteiger partial charge in [-0.25, -0.2) is 0 Å². The standard InChI is InChI=1S/C9H17NO2/c10-6-7-3-1-2-4-8(5-7)9(11)12/h7-8H,1-6,10H2,(H,11,12). The first kappa shape index (κ1) is 9.52. The van der Waals surface area contributed by atoms with E-state index >= 15 is 0 Å². The van der Waals surface area contributed by atoms with Crippen LogP contribution in [0, 0.1) is 11.8 Å². The minimum Gasteiger partial charge on any atom is -0.481 e. The predicted octanol–water partition coefficient (Wildman–Crippen LogP) is 1.23. The van der Waals surface area contributed by atoms with Crippen molar-refractivity contribution >= 4 is 5.97 Å². The van der Waals surface area contributed by atoms with Gasteiger partial charge in [-0.2, -0.15) is 0 Å². The number of aliphatic carboxylic acids is 1. The van der Waals surface area contributed by atoms with Crippen LogP contribution in [0.15, 0.2) is 0 Å². The van der Waals surface area contributed by atoms with Gasteiger partial charge in [0.15, 0.2) is 0 Å². The maximum atomic E-state index is 10.7. The molecule has 0 radical (unpaired) electrons. The molecule has 0 aromatic carbocycles. The molecule has 2 unspecified atom stereocenters. The molecule has 70 valence electrons. The molecule has 1 fully saturated rings. The molecule has 1 rings (SSSR count). The van der Waals surface area contributed by atoms with Crippen molar-refractivity contribution in [2.24, 2.45) is 17.6 Å². The monoisotopic (exact) mass is 171 g/mol. The highest BCUT2D eigenvalue weighted by Crippen LogP contribution is 2.26. The lowest BCUT2D eigenvalue weighted by Crippen LogP contribution is -2.20. The Balaban J connectivity index is 2.47. The van der Waals surface area contributed by atoms with Gasteiger partial charge in [0.2, 0.25) is 0 Å². The summed E-state index contributed by atoms with van der Waals surface area (Å²) in [5.74, 6) is -0.343. The normalized spacial score (nSPS) is 31.1. The first-order valence-electron chi connectivity index (χ1n) is 4.67. The van der Waals surface area contributed by atoms with Gasteiger partial charge in [0.25, 0.3) is 0 Å². The Bertz CT molecular complexity index is 159. The van der Waals surface area contributed by atoms with Crippen LogP contribution in [0.25, 0.3) is 0 Å². The summed E-state index contributed by atoms with van der Waals surface area (Å²) in [7, 11) is 0. The largest absolute Gasteiger partial charge is 0.481 e. The summed E-state index contributed by atoms with van der Waals surface area (Å²) >= 11 is 0. The van der Waals surface area contributed by atoms with Gasteiger partial charge in [-0.05, 0) is 31.7 Å². The highest BCUT2D eigenvalue weighted by Gasteiger charge is 2.24. The Labute approximate surface area is 72.9 Å². The second-order valence-corrected chi connectivity index (χ2v) is 3.66. The van der Waals surface area contributed by atoms with Crippen molar-refractivity contribution in [3.05, 3.63) is 0 Å². The van der Waals surface area contributed by atoms with Crippen LogP contribution in [0.4, 0.5) is 0 Å². The van der Waals surface area contributed by atoms with Gasteiger partial charge >= 0.3 is 5.97 Å². The second kappa shape index (κ2) is 4.45. The molecule has 0 aliphatic heterocycles. The molecule has 0 aromatic rings. The van der Waals surface area contributed by atoms with Gasteiger partial charge < -0.3 is 10.8 Å². The average molecular weight is 171 g/mol. The Kier molecular flexibility index (Phi) is 3.53.